The summed E-state index contributed by atoms with van der Waals surface area (Å²) in [5.41, 5.74) is 2.11. The summed E-state index contributed by atoms with van der Waals surface area (Å²) in [6, 6.07) is 19.9. The van der Waals surface area contributed by atoms with Crippen LogP contribution in [0.3, 0.4) is 0 Å². The molecule has 0 radical (unpaired) electrons. The molecule has 0 amide bonds. The van der Waals surface area contributed by atoms with Crippen LogP contribution in [0.15, 0.2) is 66.9 Å². The van der Waals surface area contributed by atoms with Gasteiger partial charge in [0.25, 0.3) is 0 Å². The van der Waals surface area contributed by atoms with Gasteiger partial charge in [0.15, 0.2) is 0 Å². The summed E-state index contributed by atoms with van der Waals surface area (Å²) in [4.78, 5) is 0. The molecule has 0 aliphatic carbocycles. The molecule has 0 fully saturated rings. The van der Waals surface area contributed by atoms with Gasteiger partial charge in [-0.3, -0.25) is 4.68 Å². The number of hydrogen-bond acceptors (Lipinski definition) is 2. The second kappa shape index (κ2) is 6.94. The Kier molecular flexibility index (Phi) is 4.54. The van der Waals surface area contributed by atoms with Gasteiger partial charge in [0.1, 0.15) is 11.5 Å². The van der Waals surface area contributed by atoms with Crippen LogP contribution >= 0.6 is 0 Å². The van der Waals surface area contributed by atoms with Gasteiger partial charge in [0, 0.05) is 18.3 Å². The van der Waals surface area contributed by atoms with E-state index in [9.17, 15) is 0 Å². The number of aryl methyl sites for hydroxylation is 1. The molecule has 0 N–H and O–H groups in total. The fourth-order valence-electron chi connectivity index (χ4n) is 2.28. The maximum absolute atomic E-state index is 5.80. The number of hydrogen-bond donors (Lipinski definition) is 0. The lowest BCUT2D eigenvalue weighted by molar-refractivity contribution is 0.483. The molecule has 0 saturated carbocycles. The molecule has 0 aliphatic heterocycles. The lowest BCUT2D eigenvalue weighted by Crippen LogP contribution is -1.97. The number of unbranched alkanes of at least 4 members (excludes halogenated alkanes) is 1. The number of rotatable bonds is 6. The molecule has 0 bridgehead atoms. The van der Waals surface area contributed by atoms with Crippen molar-refractivity contribution in [1.82, 2.24) is 9.78 Å². The molecule has 2 aromatic carbocycles. The lowest BCUT2D eigenvalue weighted by Gasteiger charge is -2.06. The van der Waals surface area contributed by atoms with Crippen LogP contribution in [0.5, 0.6) is 11.5 Å². The van der Waals surface area contributed by atoms with Crippen molar-refractivity contribution in [2.24, 2.45) is 0 Å². The lowest BCUT2D eigenvalue weighted by atomic mass is 10.1. The maximum atomic E-state index is 5.80. The molecule has 3 nitrogen and oxygen atoms in total. The molecule has 22 heavy (non-hydrogen) atoms. The average molecular weight is 292 g/mol. The molecule has 3 heteroatoms. The van der Waals surface area contributed by atoms with Crippen LogP contribution in [-0.4, -0.2) is 9.78 Å². The number of para-hydroxylation sites is 1. The highest BCUT2D eigenvalue weighted by molar-refractivity contribution is 5.59. The van der Waals surface area contributed by atoms with Crippen LogP contribution in [0.4, 0.5) is 0 Å². The monoisotopic (exact) mass is 292 g/mol. The molecule has 0 saturated heterocycles. The van der Waals surface area contributed by atoms with Crippen LogP contribution in [0.25, 0.3) is 11.3 Å². The Hall–Kier alpha value is -2.55. The average Bonchev–Trinajstić information content (AvgIpc) is 3.03. The Balaban J connectivity index is 1.70. The van der Waals surface area contributed by atoms with E-state index in [2.05, 4.69) is 18.1 Å². The highest BCUT2D eigenvalue weighted by Gasteiger charge is 2.03. The summed E-state index contributed by atoms with van der Waals surface area (Å²) in [6.45, 7) is 3.17. The van der Waals surface area contributed by atoms with Gasteiger partial charge < -0.3 is 4.74 Å². The molecule has 1 heterocycles. The summed E-state index contributed by atoms with van der Waals surface area (Å²) < 4.78 is 7.81. The molecule has 0 unspecified atom stereocenters. The molecule has 3 aromatic rings. The zero-order valence-electron chi connectivity index (χ0n) is 12.8. The first kappa shape index (κ1) is 14.4. The molecule has 3 rings (SSSR count). The third-order valence-electron chi connectivity index (χ3n) is 3.51. The highest BCUT2D eigenvalue weighted by atomic mass is 16.5. The van der Waals surface area contributed by atoms with E-state index in [1.165, 1.54) is 6.42 Å². The fraction of sp³-hybridized carbons (Fsp3) is 0.211. The van der Waals surface area contributed by atoms with Crippen molar-refractivity contribution in [3.8, 4) is 22.8 Å². The molecular formula is C19H20N2O. The Morgan fingerprint density at radius 1 is 0.909 bits per heavy atom. The molecule has 0 aliphatic rings. The standard InChI is InChI=1S/C19H20N2O/c1-2-3-14-21-15-13-19(20-21)16-9-11-18(12-10-16)22-17-7-5-4-6-8-17/h4-13,15H,2-3,14H2,1H3. The summed E-state index contributed by atoms with van der Waals surface area (Å²) in [5.74, 6) is 1.68. The van der Waals surface area contributed by atoms with Crippen LogP contribution in [0, 0.1) is 0 Å². The molecule has 0 spiro atoms. The van der Waals surface area contributed by atoms with Gasteiger partial charge in [-0.1, -0.05) is 31.5 Å². The minimum atomic E-state index is 0.834. The van der Waals surface area contributed by atoms with E-state index in [4.69, 9.17) is 4.74 Å². The predicted molar refractivity (Wildman–Crippen MR) is 89.1 cm³/mol. The number of benzene rings is 2. The van der Waals surface area contributed by atoms with Crippen molar-refractivity contribution in [3.05, 3.63) is 66.9 Å². The summed E-state index contributed by atoms with van der Waals surface area (Å²) in [6.07, 6.45) is 4.38. The minimum absolute atomic E-state index is 0.834. The van der Waals surface area contributed by atoms with E-state index in [0.29, 0.717) is 0 Å². The van der Waals surface area contributed by atoms with Gasteiger partial charge in [-0.05, 0) is 48.9 Å². The highest BCUT2D eigenvalue weighted by Crippen LogP contribution is 2.24. The summed E-state index contributed by atoms with van der Waals surface area (Å²) >= 11 is 0. The first-order valence-corrected chi connectivity index (χ1v) is 7.72. The zero-order valence-corrected chi connectivity index (χ0v) is 12.8. The first-order valence-electron chi connectivity index (χ1n) is 7.72. The Bertz CT molecular complexity index is 702. The summed E-state index contributed by atoms with van der Waals surface area (Å²) in [5, 5.41) is 4.61. The smallest absolute Gasteiger partial charge is 0.127 e. The van der Waals surface area contributed by atoms with Gasteiger partial charge >= 0.3 is 0 Å². The Morgan fingerprint density at radius 3 is 2.36 bits per heavy atom. The van der Waals surface area contributed by atoms with Crippen molar-refractivity contribution < 1.29 is 4.74 Å². The normalized spacial score (nSPS) is 10.6. The molecule has 0 atom stereocenters. The van der Waals surface area contributed by atoms with E-state index in [-0.39, 0.29) is 0 Å². The van der Waals surface area contributed by atoms with Gasteiger partial charge in [0.2, 0.25) is 0 Å². The molecular weight excluding hydrogens is 272 g/mol. The van der Waals surface area contributed by atoms with Crippen molar-refractivity contribution in [2.45, 2.75) is 26.3 Å². The third kappa shape index (κ3) is 3.55. The number of nitrogens with zero attached hydrogens (tertiary/aromatic N) is 2. The van der Waals surface area contributed by atoms with Gasteiger partial charge in [-0.15, -0.1) is 0 Å². The van der Waals surface area contributed by atoms with Crippen LogP contribution < -0.4 is 4.74 Å². The maximum Gasteiger partial charge on any atom is 0.127 e. The van der Waals surface area contributed by atoms with E-state index >= 15 is 0 Å². The van der Waals surface area contributed by atoms with E-state index in [1.54, 1.807) is 0 Å². The fourth-order valence-corrected chi connectivity index (χ4v) is 2.28. The Morgan fingerprint density at radius 2 is 1.64 bits per heavy atom. The largest absolute Gasteiger partial charge is 0.457 e. The Labute approximate surface area is 131 Å². The SMILES string of the molecule is CCCCn1ccc(-c2ccc(Oc3ccccc3)cc2)n1. The van der Waals surface area contributed by atoms with Crippen molar-refractivity contribution in [2.75, 3.05) is 0 Å². The van der Waals surface area contributed by atoms with Crippen molar-refractivity contribution >= 4 is 0 Å². The van der Waals surface area contributed by atoms with Gasteiger partial charge in [-0.25, -0.2) is 0 Å². The van der Waals surface area contributed by atoms with Crippen LogP contribution in [0.2, 0.25) is 0 Å². The van der Waals surface area contributed by atoms with E-state index in [1.807, 2.05) is 65.5 Å². The van der Waals surface area contributed by atoms with E-state index in [0.717, 1.165) is 35.7 Å². The number of ether oxygens (including phenoxy) is 1. The van der Waals surface area contributed by atoms with Crippen LogP contribution in [-0.2, 0) is 6.54 Å². The van der Waals surface area contributed by atoms with Crippen molar-refractivity contribution in [1.29, 1.82) is 0 Å². The molecule has 1 aromatic heterocycles. The molecule has 112 valence electrons. The van der Waals surface area contributed by atoms with Gasteiger partial charge in [0.05, 0.1) is 5.69 Å². The minimum Gasteiger partial charge on any atom is -0.457 e. The second-order valence-corrected chi connectivity index (χ2v) is 5.26. The van der Waals surface area contributed by atoms with E-state index < -0.39 is 0 Å². The zero-order chi connectivity index (χ0) is 15.2. The second-order valence-electron chi connectivity index (χ2n) is 5.26. The summed E-state index contributed by atoms with van der Waals surface area (Å²) in [7, 11) is 0. The predicted octanol–water partition coefficient (Wildman–Crippen LogP) is 5.14. The first-order chi connectivity index (χ1) is 10.8. The topological polar surface area (TPSA) is 27.1 Å². The quantitative estimate of drug-likeness (QED) is 0.628. The van der Waals surface area contributed by atoms with Crippen LogP contribution in [0.1, 0.15) is 19.8 Å². The van der Waals surface area contributed by atoms with Gasteiger partial charge in [-0.2, -0.15) is 5.10 Å². The van der Waals surface area contributed by atoms with Crippen molar-refractivity contribution in [3.63, 3.8) is 0 Å². The number of aromatic nitrogens is 2. The third-order valence-corrected chi connectivity index (χ3v) is 3.51.